The van der Waals surface area contributed by atoms with Crippen LogP contribution in [0.15, 0.2) is 27.6 Å². The molecular formula is C9H13BrClN3O4S. The number of benzene rings is 1. The molecule has 10 heteroatoms. The Labute approximate surface area is 125 Å². The Morgan fingerprint density at radius 2 is 2.00 bits per heavy atom. The number of likely N-dealkylation sites (N-methyl/N-ethyl adjacent to an activating group) is 1. The average Bonchev–Trinajstić information content (AvgIpc) is 2.28. The summed E-state index contributed by atoms with van der Waals surface area (Å²) in [7, 11) is -2.22. The molecule has 0 radical (unpaired) electrons. The summed E-state index contributed by atoms with van der Waals surface area (Å²) in [5.41, 5.74) is -0.449. The van der Waals surface area contributed by atoms with Gasteiger partial charge in [-0.3, -0.25) is 10.1 Å². The van der Waals surface area contributed by atoms with Crippen LogP contribution in [0.5, 0.6) is 0 Å². The zero-order chi connectivity index (χ0) is 13.8. The van der Waals surface area contributed by atoms with Gasteiger partial charge in [0.25, 0.3) is 5.69 Å². The lowest BCUT2D eigenvalue weighted by Gasteiger charge is -2.07. The predicted molar refractivity (Wildman–Crippen MR) is 77.2 cm³/mol. The first-order valence-electron chi connectivity index (χ1n) is 4.96. The van der Waals surface area contributed by atoms with Crippen molar-refractivity contribution in [3.05, 3.63) is 32.8 Å². The van der Waals surface area contributed by atoms with Crippen molar-refractivity contribution in [3.8, 4) is 0 Å². The Kier molecular flexibility index (Phi) is 7.45. The third-order valence-electron chi connectivity index (χ3n) is 2.08. The first-order chi connectivity index (χ1) is 8.38. The molecular weight excluding hydrogens is 362 g/mol. The second kappa shape index (κ2) is 7.75. The van der Waals surface area contributed by atoms with Crippen LogP contribution >= 0.6 is 28.3 Å². The van der Waals surface area contributed by atoms with Gasteiger partial charge in [0.05, 0.1) is 4.92 Å². The molecule has 0 amide bonds. The van der Waals surface area contributed by atoms with Gasteiger partial charge < -0.3 is 5.32 Å². The summed E-state index contributed by atoms with van der Waals surface area (Å²) < 4.78 is 26.6. The molecule has 7 nitrogen and oxygen atoms in total. The van der Waals surface area contributed by atoms with Crippen LogP contribution in [0.3, 0.4) is 0 Å². The van der Waals surface area contributed by atoms with Crippen LogP contribution in [0.1, 0.15) is 0 Å². The molecule has 0 aliphatic heterocycles. The number of hydrogen-bond acceptors (Lipinski definition) is 5. The van der Waals surface area contributed by atoms with Crippen LogP contribution in [-0.2, 0) is 10.0 Å². The van der Waals surface area contributed by atoms with E-state index in [0.717, 1.165) is 6.07 Å². The fourth-order valence-corrected chi connectivity index (χ4v) is 2.98. The van der Waals surface area contributed by atoms with Crippen molar-refractivity contribution < 1.29 is 13.3 Å². The normalized spacial score (nSPS) is 10.8. The number of nitrogens with zero attached hydrogens (tertiary/aromatic N) is 1. The third kappa shape index (κ3) is 5.03. The molecule has 1 aromatic carbocycles. The van der Waals surface area contributed by atoms with Gasteiger partial charge in [0.15, 0.2) is 4.90 Å². The maximum atomic E-state index is 11.9. The van der Waals surface area contributed by atoms with Gasteiger partial charge in [0, 0.05) is 23.6 Å². The van der Waals surface area contributed by atoms with Crippen LogP contribution in [0.25, 0.3) is 0 Å². The van der Waals surface area contributed by atoms with Crippen molar-refractivity contribution in [2.45, 2.75) is 4.90 Å². The predicted octanol–water partition coefficient (Wildman–Crippen LogP) is 1.28. The first kappa shape index (κ1) is 18.3. The van der Waals surface area contributed by atoms with E-state index in [9.17, 15) is 18.5 Å². The summed E-state index contributed by atoms with van der Waals surface area (Å²) in [4.78, 5) is 9.72. The second-order valence-corrected chi connectivity index (χ2v) is 6.02. The van der Waals surface area contributed by atoms with E-state index in [1.807, 2.05) is 0 Å². The molecule has 2 N–H and O–H groups in total. The zero-order valence-corrected chi connectivity index (χ0v) is 13.1. The van der Waals surface area contributed by atoms with Gasteiger partial charge in [-0.25, -0.2) is 13.1 Å². The fraction of sp³-hybridized carbons (Fsp3) is 0.333. The molecule has 0 spiro atoms. The smallest absolute Gasteiger partial charge is 0.289 e. The minimum absolute atomic E-state index is 0. The number of nitro groups is 1. The zero-order valence-electron chi connectivity index (χ0n) is 9.92. The molecule has 1 aromatic rings. The molecule has 0 heterocycles. The molecule has 0 fully saturated rings. The molecule has 0 saturated heterocycles. The molecule has 0 aliphatic carbocycles. The summed E-state index contributed by atoms with van der Waals surface area (Å²) in [6.45, 7) is 0.587. The van der Waals surface area contributed by atoms with E-state index in [-0.39, 0.29) is 23.8 Å². The Balaban J connectivity index is 0.00000324. The van der Waals surface area contributed by atoms with Crippen molar-refractivity contribution in [2.75, 3.05) is 20.1 Å². The fourth-order valence-electron chi connectivity index (χ4n) is 1.24. The summed E-state index contributed by atoms with van der Waals surface area (Å²) >= 11 is 3.09. The lowest BCUT2D eigenvalue weighted by Crippen LogP contribution is -2.30. The summed E-state index contributed by atoms with van der Waals surface area (Å²) in [6, 6.07) is 3.78. The van der Waals surface area contributed by atoms with Crippen LogP contribution in [0.4, 0.5) is 5.69 Å². The Hall–Kier alpha value is -0.740. The van der Waals surface area contributed by atoms with Crippen molar-refractivity contribution >= 4 is 44.0 Å². The van der Waals surface area contributed by atoms with E-state index in [1.54, 1.807) is 7.05 Å². The van der Waals surface area contributed by atoms with Crippen LogP contribution < -0.4 is 10.0 Å². The molecule has 19 heavy (non-hydrogen) atoms. The van der Waals surface area contributed by atoms with Crippen LogP contribution in [-0.4, -0.2) is 33.5 Å². The SMILES string of the molecule is CNCCNS(=O)(=O)c1cc(Br)ccc1[N+](=O)[O-].Cl. The minimum Gasteiger partial charge on any atom is -0.318 e. The van der Waals surface area contributed by atoms with Crippen molar-refractivity contribution in [2.24, 2.45) is 0 Å². The average molecular weight is 375 g/mol. The number of hydrogen-bond donors (Lipinski definition) is 2. The second-order valence-electron chi connectivity index (χ2n) is 3.37. The van der Waals surface area contributed by atoms with Gasteiger partial charge >= 0.3 is 0 Å². The van der Waals surface area contributed by atoms with Gasteiger partial charge in [-0.2, -0.15) is 0 Å². The largest absolute Gasteiger partial charge is 0.318 e. The molecule has 0 unspecified atom stereocenters. The third-order valence-corrected chi connectivity index (χ3v) is 4.06. The number of sulfonamides is 1. The van der Waals surface area contributed by atoms with E-state index >= 15 is 0 Å². The van der Waals surface area contributed by atoms with Crippen molar-refractivity contribution in [1.82, 2.24) is 10.0 Å². The Bertz CT molecular complexity index is 552. The number of rotatable bonds is 6. The number of nitro benzene ring substituents is 1. The van der Waals surface area contributed by atoms with E-state index in [0.29, 0.717) is 11.0 Å². The highest BCUT2D eigenvalue weighted by atomic mass is 79.9. The lowest BCUT2D eigenvalue weighted by atomic mass is 10.3. The van der Waals surface area contributed by atoms with Gasteiger partial charge in [-0.15, -0.1) is 12.4 Å². The summed E-state index contributed by atoms with van der Waals surface area (Å²) in [5, 5.41) is 13.6. The molecule has 0 saturated carbocycles. The van der Waals surface area contributed by atoms with Crippen molar-refractivity contribution in [3.63, 3.8) is 0 Å². The van der Waals surface area contributed by atoms with E-state index in [4.69, 9.17) is 0 Å². The summed E-state index contributed by atoms with van der Waals surface area (Å²) in [5.74, 6) is 0. The highest BCUT2D eigenvalue weighted by Gasteiger charge is 2.25. The van der Waals surface area contributed by atoms with Gasteiger partial charge in [0.2, 0.25) is 10.0 Å². The maximum Gasteiger partial charge on any atom is 0.289 e. The Morgan fingerprint density at radius 3 is 2.53 bits per heavy atom. The minimum atomic E-state index is -3.89. The molecule has 0 atom stereocenters. The first-order valence-corrected chi connectivity index (χ1v) is 7.24. The molecule has 108 valence electrons. The quantitative estimate of drug-likeness (QED) is 0.444. The van der Waals surface area contributed by atoms with Gasteiger partial charge in [-0.05, 0) is 19.2 Å². The molecule has 0 aromatic heterocycles. The highest BCUT2D eigenvalue weighted by Crippen LogP contribution is 2.26. The number of halogens is 2. The van der Waals surface area contributed by atoms with E-state index in [2.05, 4.69) is 26.0 Å². The lowest BCUT2D eigenvalue weighted by molar-refractivity contribution is -0.387. The van der Waals surface area contributed by atoms with E-state index in [1.165, 1.54) is 12.1 Å². The molecule has 0 bridgehead atoms. The maximum absolute atomic E-state index is 11.9. The van der Waals surface area contributed by atoms with Crippen LogP contribution in [0, 0.1) is 10.1 Å². The topological polar surface area (TPSA) is 101 Å². The number of nitrogens with one attached hydrogen (secondary N) is 2. The van der Waals surface area contributed by atoms with Gasteiger partial charge in [0.1, 0.15) is 0 Å². The van der Waals surface area contributed by atoms with Crippen LogP contribution in [0.2, 0.25) is 0 Å². The summed E-state index contributed by atoms with van der Waals surface area (Å²) in [6.07, 6.45) is 0. The molecule has 1 rings (SSSR count). The molecule has 0 aliphatic rings. The van der Waals surface area contributed by atoms with Crippen molar-refractivity contribution in [1.29, 1.82) is 0 Å². The van der Waals surface area contributed by atoms with Gasteiger partial charge in [-0.1, -0.05) is 15.9 Å². The Morgan fingerprint density at radius 1 is 1.37 bits per heavy atom. The van der Waals surface area contributed by atoms with E-state index < -0.39 is 20.6 Å². The monoisotopic (exact) mass is 373 g/mol. The standard InChI is InChI=1S/C9H12BrN3O4S.ClH/c1-11-4-5-12-18(16,17)9-6-7(10)2-3-8(9)13(14)15;/h2-3,6,11-12H,4-5H2,1H3;1H. The highest BCUT2D eigenvalue weighted by molar-refractivity contribution is 9.10.